The molecule has 0 aromatic heterocycles. The second kappa shape index (κ2) is 6.66. The van der Waals surface area contributed by atoms with Gasteiger partial charge >= 0.3 is 0 Å². The first-order valence-electron chi connectivity index (χ1n) is 7.01. The fraction of sp³-hybridized carbons (Fsp3) is 0.294. The summed E-state index contributed by atoms with van der Waals surface area (Å²) in [6, 6.07) is 18.6. The van der Waals surface area contributed by atoms with Gasteiger partial charge in [-0.3, -0.25) is 4.84 Å². The minimum atomic E-state index is 0.0794. The molecule has 0 radical (unpaired) electrons. The highest BCUT2D eigenvalue weighted by Gasteiger charge is 2.19. The van der Waals surface area contributed by atoms with Gasteiger partial charge in [-0.05, 0) is 23.1 Å². The number of hydrogen-bond acceptors (Lipinski definition) is 3. The molecule has 20 heavy (non-hydrogen) atoms. The van der Waals surface area contributed by atoms with Crippen LogP contribution in [0.3, 0.4) is 0 Å². The minimum absolute atomic E-state index is 0.0794. The minimum Gasteiger partial charge on any atom is -0.372 e. The lowest BCUT2D eigenvalue weighted by atomic mass is 9.98. The molecular weight excluding hydrogens is 250 g/mol. The SMILES string of the molecule is c1ccc(CONCC2OCCc3ccccc32)cc1. The largest absolute Gasteiger partial charge is 0.372 e. The van der Waals surface area contributed by atoms with Crippen LogP contribution in [0.4, 0.5) is 0 Å². The van der Waals surface area contributed by atoms with Gasteiger partial charge in [-0.25, -0.2) is 0 Å². The van der Waals surface area contributed by atoms with Crippen molar-refractivity contribution in [2.45, 2.75) is 19.1 Å². The van der Waals surface area contributed by atoms with Gasteiger partial charge in [0.25, 0.3) is 0 Å². The average molecular weight is 269 g/mol. The Hall–Kier alpha value is -1.68. The summed E-state index contributed by atoms with van der Waals surface area (Å²) in [5, 5.41) is 0. The third-order valence-corrected chi connectivity index (χ3v) is 3.54. The molecule has 0 amide bonds. The van der Waals surface area contributed by atoms with Crippen molar-refractivity contribution < 1.29 is 9.57 Å². The average Bonchev–Trinajstić information content (AvgIpc) is 2.53. The monoisotopic (exact) mass is 269 g/mol. The molecule has 3 nitrogen and oxygen atoms in total. The Labute approximate surface area is 119 Å². The van der Waals surface area contributed by atoms with E-state index in [9.17, 15) is 0 Å². The summed E-state index contributed by atoms with van der Waals surface area (Å²) < 4.78 is 5.81. The van der Waals surface area contributed by atoms with E-state index in [0.29, 0.717) is 13.2 Å². The van der Waals surface area contributed by atoms with Crippen molar-refractivity contribution in [2.75, 3.05) is 13.2 Å². The number of ether oxygens (including phenoxy) is 1. The van der Waals surface area contributed by atoms with E-state index in [1.54, 1.807) is 0 Å². The van der Waals surface area contributed by atoms with Gasteiger partial charge in [-0.2, -0.15) is 5.48 Å². The van der Waals surface area contributed by atoms with Gasteiger partial charge in [0.2, 0.25) is 0 Å². The van der Waals surface area contributed by atoms with Crippen molar-refractivity contribution in [3.63, 3.8) is 0 Å². The Kier molecular flexibility index (Phi) is 4.43. The maximum absolute atomic E-state index is 5.81. The van der Waals surface area contributed by atoms with Crippen LogP contribution < -0.4 is 5.48 Å². The zero-order chi connectivity index (χ0) is 13.6. The van der Waals surface area contributed by atoms with E-state index in [2.05, 4.69) is 29.7 Å². The third kappa shape index (κ3) is 3.25. The Balaban J connectivity index is 1.50. The molecular formula is C17H19NO2. The molecule has 0 aliphatic carbocycles. The van der Waals surface area contributed by atoms with Gasteiger partial charge in [0.1, 0.15) is 0 Å². The molecule has 3 rings (SSSR count). The van der Waals surface area contributed by atoms with Gasteiger partial charge in [0, 0.05) is 0 Å². The lowest BCUT2D eigenvalue weighted by molar-refractivity contribution is -0.0257. The van der Waals surface area contributed by atoms with Crippen LogP contribution in [0.15, 0.2) is 54.6 Å². The summed E-state index contributed by atoms with van der Waals surface area (Å²) in [5.41, 5.74) is 6.83. The van der Waals surface area contributed by atoms with E-state index in [0.717, 1.165) is 18.6 Å². The third-order valence-electron chi connectivity index (χ3n) is 3.54. The van der Waals surface area contributed by atoms with Crippen LogP contribution in [0.1, 0.15) is 22.8 Å². The quantitative estimate of drug-likeness (QED) is 0.668. The van der Waals surface area contributed by atoms with Gasteiger partial charge in [-0.1, -0.05) is 54.6 Å². The lowest BCUT2D eigenvalue weighted by Gasteiger charge is -2.26. The molecule has 0 bridgehead atoms. The van der Waals surface area contributed by atoms with Crippen molar-refractivity contribution >= 4 is 0 Å². The fourth-order valence-electron chi connectivity index (χ4n) is 2.49. The van der Waals surface area contributed by atoms with Crippen LogP contribution in [0.25, 0.3) is 0 Å². The topological polar surface area (TPSA) is 30.5 Å². The molecule has 0 saturated heterocycles. The molecule has 2 aromatic rings. The molecule has 1 heterocycles. The standard InChI is InChI=1S/C17H19NO2/c1-2-6-14(7-3-1)13-20-18-12-17-16-9-5-4-8-15(16)10-11-19-17/h1-9,17-18H,10-13H2. The van der Waals surface area contributed by atoms with Crippen molar-refractivity contribution in [2.24, 2.45) is 0 Å². The molecule has 3 heteroatoms. The number of nitrogens with one attached hydrogen (secondary N) is 1. The van der Waals surface area contributed by atoms with Crippen LogP contribution in [0, 0.1) is 0 Å². The molecule has 2 aromatic carbocycles. The maximum Gasteiger partial charge on any atom is 0.0975 e. The smallest absolute Gasteiger partial charge is 0.0975 e. The van der Waals surface area contributed by atoms with Crippen molar-refractivity contribution in [3.8, 4) is 0 Å². The van der Waals surface area contributed by atoms with E-state index >= 15 is 0 Å². The Morgan fingerprint density at radius 1 is 1.05 bits per heavy atom. The van der Waals surface area contributed by atoms with Gasteiger partial charge < -0.3 is 4.74 Å². The number of rotatable bonds is 5. The molecule has 1 unspecified atom stereocenters. The normalized spacial score (nSPS) is 17.7. The highest BCUT2D eigenvalue weighted by molar-refractivity contribution is 5.31. The molecule has 0 fully saturated rings. The molecule has 1 aliphatic rings. The fourth-order valence-corrected chi connectivity index (χ4v) is 2.49. The van der Waals surface area contributed by atoms with Crippen LogP contribution in [-0.4, -0.2) is 13.2 Å². The van der Waals surface area contributed by atoms with E-state index < -0.39 is 0 Å². The second-order valence-corrected chi connectivity index (χ2v) is 4.93. The maximum atomic E-state index is 5.81. The Morgan fingerprint density at radius 3 is 2.75 bits per heavy atom. The van der Waals surface area contributed by atoms with Gasteiger partial charge in [0.15, 0.2) is 0 Å². The van der Waals surface area contributed by atoms with Crippen molar-refractivity contribution in [1.82, 2.24) is 5.48 Å². The van der Waals surface area contributed by atoms with E-state index in [4.69, 9.17) is 9.57 Å². The molecule has 1 N–H and O–H groups in total. The first-order valence-corrected chi connectivity index (χ1v) is 7.01. The summed E-state index contributed by atoms with van der Waals surface area (Å²) in [7, 11) is 0. The van der Waals surface area contributed by atoms with Crippen LogP contribution in [0.5, 0.6) is 0 Å². The summed E-state index contributed by atoms with van der Waals surface area (Å²) in [5.74, 6) is 0. The number of hydrogen-bond donors (Lipinski definition) is 1. The number of fused-ring (bicyclic) bond motifs is 1. The van der Waals surface area contributed by atoms with Crippen molar-refractivity contribution in [1.29, 1.82) is 0 Å². The van der Waals surface area contributed by atoms with Crippen LogP contribution in [-0.2, 0) is 22.6 Å². The molecule has 0 spiro atoms. The first kappa shape index (κ1) is 13.3. The predicted molar refractivity (Wildman–Crippen MR) is 78.1 cm³/mol. The molecule has 0 saturated carbocycles. The summed E-state index contributed by atoms with van der Waals surface area (Å²) >= 11 is 0. The zero-order valence-corrected chi connectivity index (χ0v) is 11.4. The summed E-state index contributed by atoms with van der Waals surface area (Å²) in [6.07, 6.45) is 1.08. The predicted octanol–water partition coefficient (Wildman–Crippen LogP) is 3.02. The van der Waals surface area contributed by atoms with E-state index in [1.807, 2.05) is 30.3 Å². The van der Waals surface area contributed by atoms with Crippen LogP contribution >= 0.6 is 0 Å². The molecule has 1 aliphatic heterocycles. The highest BCUT2D eigenvalue weighted by atomic mass is 16.6. The van der Waals surface area contributed by atoms with E-state index in [1.165, 1.54) is 11.1 Å². The summed E-state index contributed by atoms with van der Waals surface area (Å²) in [4.78, 5) is 5.51. The summed E-state index contributed by atoms with van der Waals surface area (Å²) in [6.45, 7) is 2.01. The zero-order valence-electron chi connectivity index (χ0n) is 11.4. The van der Waals surface area contributed by atoms with Crippen LogP contribution in [0.2, 0.25) is 0 Å². The Morgan fingerprint density at radius 2 is 1.85 bits per heavy atom. The molecule has 104 valence electrons. The van der Waals surface area contributed by atoms with Crippen molar-refractivity contribution in [3.05, 3.63) is 71.3 Å². The number of hydroxylamine groups is 1. The second-order valence-electron chi connectivity index (χ2n) is 4.93. The Bertz CT molecular complexity index is 542. The highest BCUT2D eigenvalue weighted by Crippen LogP contribution is 2.26. The number of benzene rings is 2. The lowest BCUT2D eigenvalue weighted by Crippen LogP contribution is -2.27. The first-order chi connectivity index (χ1) is 9.93. The van der Waals surface area contributed by atoms with Gasteiger partial charge in [0.05, 0.1) is 25.9 Å². The molecule has 1 atom stereocenters. The van der Waals surface area contributed by atoms with E-state index in [-0.39, 0.29) is 6.10 Å². The van der Waals surface area contributed by atoms with Gasteiger partial charge in [-0.15, -0.1) is 0 Å².